The molecule has 4 nitrogen and oxygen atoms in total. The van der Waals surface area contributed by atoms with Gasteiger partial charge < -0.3 is 10.1 Å². The molecule has 0 bridgehead atoms. The van der Waals surface area contributed by atoms with E-state index in [9.17, 15) is 10.1 Å². The topological polar surface area (TPSA) is 62.1 Å². The molecule has 1 aromatic rings. The lowest BCUT2D eigenvalue weighted by Crippen LogP contribution is -2.34. The van der Waals surface area contributed by atoms with Crippen LogP contribution in [0.15, 0.2) is 22.7 Å². The molecule has 1 aliphatic rings. The summed E-state index contributed by atoms with van der Waals surface area (Å²) in [7, 11) is 1.58. The van der Waals surface area contributed by atoms with E-state index < -0.39 is 5.41 Å². The smallest absolute Gasteiger partial charge is 0.244 e. The molecule has 0 saturated heterocycles. The van der Waals surface area contributed by atoms with Crippen molar-refractivity contribution in [2.24, 2.45) is 5.41 Å². The van der Waals surface area contributed by atoms with Crippen molar-refractivity contribution in [3.63, 3.8) is 0 Å². The van der Waals surface area contributed by atoms with Gasteiger partial charge in [-0.2, -0.15) is 5.26 Å². The Bertz CT molecular complexity index is 558. The average Bonchev–Trinajstić information content (AvgIpc) is 2.73. The number of anilines is 1. The number of nitrogens with one attached hydrogen (secondary N) is 1. The third-order valence-electron chi connectivity index (χ3n) is 3.97. The highest BCUT2D eigenvalue weighted by Crippen LogP contribution is 2.36. The van der Waals surface area contributed by atoms with Crippen LogP contribution in [0.4, 0.5) is 5.69 Å². The van der Waals surface area contributed by atoms with Crippen LogP contribution in [0.2, 0.25) is 0 Å². The number of benzene rings is 1. The molecular weight excluding hydrogens is 332 g/mol. The lowest BCUT2D eigenvalue weighted by Gasteiger charge is -2.23. The molecule has 21 heavy (non-hydrogen) atoms. The van der Waals surface area contributed by atoms with E-state index in [2.05, 4.69) is 27.3 Å². The number of rotatable bonds is 3. The maximum atomic E-state index is 12.6. The highest BCUT2D eigenvalue weighted by atomic mass is 79.9. The summed E-state index contributed by atoms with van der Waals surface area (Å²) >= 11 is 3.39. The molecule has 1 fully saturated rings. The van der Waals surface area contributed by atoms with E-state index >= 15 is 0 Å². The lowest BCUT2D eigenvalue weighted by atomic mass is 9.81. The van der Waals surface area contributed by atoms with Crippen LogP contribution in [0.1, 0.15) is 38.5 Å². The van der Waals surface area contributed by atoms with Crippen LogP contribution in [0, 0.1) is 16.7 Å². The van der Waals surface area contributed by atoms with Gasteiger partial charge in [0.15, 0.2) is 0 Å². The van der Waals surface area contributed by atoms with E-state index in [0.717, 1.165) is 30.2 Å². The summed E-state index contributed by atoms with van der Waals surface area (Å²) in [5.74, 6) is 0.457. The number of carbonyl (C=O) groups is 1. The number of carbonyl (C=O) groups excluding carboxylic acids is 1. The van der Waals surface area contributed by atoms with Crippen molar-refractivity contribution in [3.8, 4) is 11.8 Å². The van der Waals surface area contributed by atoms with Gasteiger partial charge in [0.25, 0.3) is 0 Å². The first-order valence-corrected chi connectivity index (χ1v) is 7.96. The Kier molecular flexibility index (Phi) is 5.24. The first-order valence-electron chi connectivity index (χ1n) is 7.17. The number of ether oxygens (including phenoxy) is 1. The monoisotopic (exact) mass is 350 g/mol. The molecule has 0 radical (unpaired) electrons. The lowest BCUT2D eigenvalue weighted by molar-refractivity contribution is -0.123. The average molecular weight is 351 g/mol. The largest absolute Gasteiger partial charge is 0.497 e. The molecule has 0 atom stereocenters. The quantitative estimate of drug-likeness (QED) is 0.828. The molecule has 1 N–H and O–H groups in total. The van der Waals surface area contributed by atoms with Gasteiger partial charge in [-0.1, -0.05) is 41.6 Å². The summed E-state index contributed by atoms with van der Waals surface area (Å²) < 4.78 is 6.01. The van der Waals surface area contributed by atoms with Crippen molar-refractivity contribution < 1.29 is 9.53 Å². The Hall–Kier alpha value is -1.54. The Balaban J connectivity index is 2.19. The number of amides is 1. The number of hydrogen-bond acceptors (Lipinski definition) is 3. The molecule has 0 aromatic heterocycles. The van der Waals surface area contributed by atoms with E-state index in [-0.39, 0.29) is 5.91 Å². The van der Waals surface area contributed by atoms with Gasteiger partial charge in [-0.25, -0.2) is 0 Å². The number of nitrogens with zero attached hydrogens (tertiary/aromatic N) is 1. The summed E-state index contributed by atoms with van der Waals surface area (Å²) in [6.45, 7) is 0. The van der Waals surface area contributed by atoms with Crippen molar-refractivity contribution in [1.29, 1.82) is 5.26 Å². The van der Waals surface area contributed by atoms with Crippen LogP contribution in [-0.4, -0.2) is 13.0 Å². The standard InChI is InChI=1S/C16H19BrN2O2/c1-21-14-9-12(17)8-13(10-14)19-15(20)16(11-18)6-4-2-3-5-7-16/h8-10H,2-7H2,1H3,(H,19,20). The van der Waals surface area contributed by atoms with Crippen molar-refractivity contribution in [1.82, 2.24) is 0 Å². The summed E-state index contributed by atoms with van der Waals surface area (Å²) in [5, 5.41) is 12.4. The minimum atomic E-state index is -0.897. The first-order chi connectivity index (χ1) is 10.1. The summed E-state index contributed by atoms with van der Waals surface area (Å²) in [4.78, 5) is 12.6. The van der Waals surface area contributed by atoms with Gasteiger partial charge in [-0.3, -0.25) is 4.79 Å². The van der Waals surface area contributed by atoms with Gasteiger partial charge in [0.2, 0.25) is 5.91 Å². The summed E-state index contributed by atoms with van der Waals surface area (Å²) in [5.41, 5.74) is -0.253. The Morgan fingerprint density at radius 2 is 1.95 bits per heavy atom. The predicted octanol–water partition coefficient (Wildman–Crippen LogP) is 4.26. The predicted molar refractivity (Wildman–Crippen MR) is 85.1 cm³/mol. The molecule has 1 saturated carbocycles. The highest BCUT2D eigenvalue weighted by Gasteiger charge is 2.38. The molecule has 0 heterocycles. The maximum Gasteiger partial charge on any atom is 0.244 e. The Morgan fingerprint density at radius 3 is 2.52 bits per heavy atom. The van der Waals surface area contributed by atoms with Gasteiger partial charge in [0.1, 0.15) is 11.2 Å². The normalized spacial score (nSPS) is 17.4. The van der Waals surface area contributed by atoms with Crippen LogP contribution in [0.3, 0.4) is 0 Å². The molecule has 112 valence electrons. The number of nitriles is 1. The van der Waals surface area contributed by atoms with Crippen molar-refractivity contribution in [2.45, 2.75) is 38.5 Å². The maximum absolute atomic E-state index is 12.6. The van der Waals surface area contributed by atoms with Crippen molar-refractivity contribution >= 4 is 27.5 Å². The molecule has 5 heteroatoms. The second-order valence-corrected chi connectivity index (χ2v) is 6.36. The van der Waals surface area contributed by atoms with E-state index in [1.54, 1.807) is 13.2 Å². The molecule has 1 aliphatic carbocycles. The van der Waals surface area contributed by atoms with E-state index in [1.807, 2.05) is 12.1 Å². The number of methoxy groups -OCH3 is 1. The summed E-state index contributed by atoms with van der Waals surface area (Å²) in [6, 6.07) is 7.65. The van der Waals surface area contributed by atoms with Crippen molar-refractivity contribution in [3.05, 3.63) is 22.7 Å². The Morgan fingerprint density at radius 1 is 1.29 bits per heavy atom. The summed E-state index contributed by atoms with van der Waals surface area (Å²) in [6.07, 6.45) is 5.34. The van der Waals surface area contributed by atoms with Gasteiger partial charge in [0, 0.05) is 16.2 Å². The zero-order valence-electron chi connectivity index (χ0n) is 12.1. The minimum Gasteiger partial charge on any atom is -0.497 e. The molecule has 0 aliphatic heterocycles. The molecule has 1 aromatic carbocycles. The van der Waals surface area contributed by atoms with Crippen LogP contribution >= 0.6 is 15.9 Å². The SMILES string of the molecule is COc1cc(Br)cc(NC(=O)C2(C#N)CCCCCC2)c1. The second-order valence-electron chi connectivity index (χ2n) is 5.44. The second kappa shape index (κ2) is 6.95. The van der Waals surface area contributed by atoms with E-state index in [4.69, 9.17) is 4.74 Å². The molecule has 1 amide bonds. The first kappa shape index (κ1) is 15.8. The van der Waals surface area contributed by atoms with Gasteiger partial charge in [0.05, 0.1) is 13.2 Å². The zero-order chi connectivity index (χ0) is 15.3. The zero-order valence-corrected chi connectivity index (χ0v) is 13.7. The van der Waals surface area contributed by atoms with Crippen LogP contribution in [-0.2, 0) is 4.79 Å². The third-order valence-corrected chi connectivity index (χ3v) is 4.43. The molecular formula is C16H19BrN2O2. The molecule has 2 rings (SSSR count). The van der Waals surface area contributed by atoms with Gasteiger partial charge >= 0.3 is 0 Å². The third kappa shape index (κ3) is 3.76. The highest BCUT2D eigenvalue weighted by molar-refractivity contribution is 9.10. The van der Waals surface area contributed by atoms with Crippen LogP contribution in [0.5, 0.6) is 5.75 Å². The van der Waals surface area contributed by atoms with Crippen LogP contribution in [0.25, 0.3) is 0 Å². The Labute approximate surface area is 133 Å². The fraction of sp³-hybridized carbons (Fsp3) is 0.500. The van der Waals surface area contributed by atoms with Crippen LogP contribution < -0.4 is 10.1 Å². The fourth-order valence-electron chi connectivity index (χ4n) is 2.73. The number of hydrogen-bond donors (Lipinski definition) is 1. The minimum absolute atomic E-state index is 0.202. The van der Waals surface area contributed by atoms with Crippen molar-refractivity contribution in [2.75, 3.05) is 12.4 Å². The number of halogens is 1. The van der Waals surface area contributed by atoms with Gasteiger partial charge in [-0.05, 0) is 25.0 Å². The van der Waals surface area contributed by atoms with Gasteiger partial charge in [-0.15, -0.1) is 0 Å². The van der Waals surface area contributed by atoms with E-state index in [0.29, 0.717) is 24.3 Å². The molecule has 0 spiro atoms. The fourth-order valence-corrected chi connectivity index (χ4v) is 3.20. The van der Waals surface area contributed by atoms with E-state index in [1.165, 1.54) is 0 Å². The molecule has 0 unspecified atom stereocenters.